The molecule has 1 N–H and O–H groups in total. The van der Waals surface area contributed by atoms with Crippen LogP contribution >= 0.6 is 11.6 Å². The van der Waals surface area contributed by atoms with Crippen LogP contribution in [0.5, 0.6) is 0 Å². The zero-order valence-electron chi connectivity index (χ0n) is 12.9. The van der Waals surface area contributed by atoms with Crippen molar-refractivity contribution in [3.8, 4) is 5.69 Å². The summed E-state index contributed by atoms with van der Waals surface area (Å²) in [6, 6.07) is 6.83. The predicted molar refractivity (Wildman–Crippen MR) is 87.3 cm³/mol. The zero-order valence-corrected chi connectivity index (χ0v) is 13.6. The molecular weight excluding hydrogens is 282 g/mol. The number of nitrogens with zero attached hydrogens (tertiary/aromatic N) is 2. The number of halogens is 1. The molecule has 0 spiro atoms. The minimum absolute atomic E-state index is 0.420. The van der Waals surface area contributed by atoms with Gasteiger partial charge in [0.15, 0.2) is 0 Å². The molecule has 2 aromatic rings. The normalized spacial score (nSPS) is 14.9. The molecule has 1 fully saturated rings. The molecule has 1 heterocycles. The Kier molecular flexibility index (Phi) is 4.05. The molecule has 0 radical (unpaired) electrons. The maximum absolute atomic E-state index is 6.26. The van der Waals surface area contributed by atoms with Gasteiger partial charge in [-0.3, -0.25) is 0 Å². The van der Waals surface area contributed by atoms with Gasteiger partial charge in [-0.25, -0.2) is 4.68 Å². The Morgan fingerprint density at radius 1 is 1.38 bits per heavy atom. The van der Waals surface area contributed by atoms with E-state index in [0.29, 0.717) is 12.0 Å². The topological polar surface area (TPSA) is 29.9 Å². The molecule has 112 valence electrons. The molecule has 0 atom stereocenters. The lowest BCUT2D eigenvalue weighted by Gasteiger charge is -2.14. The van der Waals surface area contributed by atoms with Crippen LogP contribution in [0.15, 0.2) is 24.4 Å². The van der Waals surface area contributed by atoms with Crippen LogP contribution in [0, 0.1) is 6.92 Å². The van der Waals surface area contributed by atoms with Gasteiger partial charge in [0.2, 0.25) is 0 Å². The number of rotatable bonds is 5. The van der Waals surface area contributed by atoms with Gasteiger partial charge in [0.05, 0.1) is 17.6 Å². The quantitative estimate of drug-likeness (QED) is 0.896. The fourth-order valence-electron chi connectivity index (χ4n) is 2.60. The van der Waals surface area contributed by atoms with Crippen molar-refractivity contribution in [2.24, 2.45) is 0 Å². The van der Waals surface area contributed by atoms with E-state index in [1.807, 2.05) is 29.9 Å². The molecule has 21 heavy (non-hydrogen) atoms. The lowest BCUT2D eigenvalue weighted by Crippen LogP contribution is -2.17. The molecule has 1 saturated carbocycles. The van der Waals surface area contributed by atoms with Crippen LogP contribution < -0.4 is 5.32 Å². The SMILES string of the molecule is Cc1ccc(-n2ncc(CNC3CC3)c2C(C)C)cc1Cl. The average molecular weight is 304 g/mol. The van der Waals surface area contributed by atoms with Crippen molar-refractivity contribution < 1.29 is 0 Å². The van der Waals surface area contributed by atoms with Crippen LogP contribution in [0.25, 0.3) is 5.69 Å². The Morgan fingerprint density at radius 2 is 2.14 bits per heavy atom. The first-order valence-corrected chi connectivity index (χ1v) is 8.00. The lowest BCUT2D eigenvalue weighted by atomic mass is 10.1. The summed E-state index contributed by atoms with van der Waals surface area (Å²) in [7, 11) is 0. The Morgan fingerprint density at radius 3 is 2.76 bits per heavy atom. The predicted octanol–water partition coefficient (Wildman–Crippen LogP) is 4.21. The summed E-state index contributed by atoms with van der Waals surface area (Å²) in [6.07, 6.45) is 4.59. The number of aromatic nitrogens is 2. The van der Waals surface area contributed by atoms with Crippen LogP contribution in [0.1, 0.15) is 49.4 Å². The maximum Gasteiger partial charge on any atom is 0.0664 e. The maximum atomic E-state index is 6.26. The molecule has 4 heteroatoms. The largest absolute Gasteiger partial charge is 0.310 e. The Bertz CT molecular complexity index is 641. The van der Waals surface area contributed by atoms with Crippen molar-refractivity contribution in [1.29, 1.82) is 0 Å². The smallest absolute Gasteiger partial charge is 0.0664 e. The van der Waals surface area contributed by atoms with Crippen LogP contribution in [0.3, 0.4) is 0 Å². The second-order valence-corrected chi connectivity index (χ2v) is 6.62. The fraction of sp³-hybridized carbons (Fsp3) is 0.471. The van der Waals surface area contributed by atoms with E-state index < -0.39 is 0 Å². The summed E-state index contributed by atoms with van der Waals surface area (Å²) < 4.78 is 2.03. The van der Waals surface area contributed by atoms with Crippen molar-refractivity contribution in [2.75, 3.05) is 0 Å². The summed E-state index contributed by atoms with van der Waals surface area (Å²) in [5, 5.41) is 8.96. The van der Waals surface area contributed by atoms with Gasteiger partial charge >= 0.3 is 0 Å². The third-order valence-electron chi connectivity index (χ3n) is 3.99. The summed E-state index contributed by atoms with van der Waals surface area (Å²) in [6.45, 7) is 7.34. The highest BCUT2D eigenvalue weighted by Gasteiger charge is 2.22. The second-order valence-electron chi connectivity index (χ2n) is 6.21. The van der Waals surface area contributed by atoms with Crippen LogP contribution in [-0.2, 0) is 6.54 Å². The molecule has 0 bridgehead atoms. The van der Waals surface area contributed by atoms with Crippen molar-refractivity contribution >= 4 is 11.6 Å². The Balaban J connectivity index is 1.94. The van der Waals surface area contributed by atoms with Crippen molar-refractivity contribution in [3.63, 3.8) is 0 Å². The van der Waals surface area contributed by atoms with E-state index in [-0.39, 0.29) is 0 Å². The number of nitrogens with one attached hydrogen (secondary N) is 1. The number of hydrogen-bond acceptors (Lipinski definition) is 2. The van der Waals surface area contributed by atoms with E-state index in [1.54, 1.807) is 0 Å². The van der Waals surface area contributed by atoms with Crippen LogP contribution in [-0.4, -0.2) is 15.8 Å². The molecule has 0 aliphatic heterocycles. The third kappa shape index (κ3) is 3.14. The molecule has 1 aromatic carbocycles. The molecule has 1 aliphatic carbocycles. The van der Waals surface area contributed by atoms with Gasteiger partial charge in [0.25, 0.3) is 0 Å². The van der Waals surface area contributed by atoms with Gasteiger partial charge in [0, 0.05) is 23.2 Å². The first-order chi connectivity index (χ1) is 10.1. The van der Waals surface area contributed by atoms with Gasteiger partial charge in [0.1, 0.15) is 0 Å². The number of aryl methyl sites for hydroxylation is 1. The summed E-state index contributed by atoms with van der Waals surface area (Å²) in [5.74, 6) is 0.420. The van der Waals surface area contributed by atoms with E-state index in [0.717, 1.165) is 22.8 Å². The van der Waals surface area contributed by atoms with Crippen molar-refractivity contribution in [1.82, 2.24) is 15.1 Å². The first kappa shape index (κ1) is 14.6. The van der Waals surface area contributed by atoms with E-state index in [2.05, 4.69) is 30.3 Å². The first-order valence-electron chi connectivity index (χ1n) is 7.63. The van der Waals surface area contributed by atoms with E-state index >= 15 is 0 Å². The van der Waals surface area contributed by atoms with Gasteiger partial charge in [-0.1, -0.05) is 31.5 Å². The molecule has 1 aromatic heterocycles. The second kappa shape index (κ2) is 5.82. The van der Waals surface area contributed by atoms with Crippen LogP contribution in [0.2, 0.25) is 5.02 Å². The Labute approximate surface area is 131 Å². The molecule has 0 unspecified atom stereocenters. The lowest BCUT2D eigenvalue weighted by molar-refractivity contribution is 0.666. The van der Waals surface area contributed by atoms with E-state index in [9.17, 15) is 0 Å². The number of hydrogen-bond donors (Lipinski definition) is 1. The van der Waals surface area contributed by atoms with Crippen molar-refractivity contribution in [3.05, 3.63) is 46.2 Å². The highest BCUT2D eigenvalue weighted by Crippen LogP contribution is 2.27. The summed E-state index contributed by atoms with van der Waals surface area (Å²) in [4.78, 5) is 0. The minimum Gasteiger partial charge on any atom is -0.310 e. The van der Waals surface area contributed by atoms with Gasteiger partial charge in [-0.2, -0.15) is 5.10 Å². The van der Waals surface area contributed by atoms with Gasteiger partial charge < -0.3 is 5.32 Å². The molecule has 0 saturated heterocycles. The fourth-order valence-corrected chi connectivity index (χ4v) is 2.78. The van der Waals surface area contributed by atoms with Crippen LogP contribution in [0.4, 0.5) is 0 Å². The van der Waals surface area contributed by atoms with E-state index in [4.69, 9.17) is 11.6 Å². The molecule has 3 nitrogen and oxygen atoms in total. The summed E-state index contributed by atoms with van der Waals surface area (Å²) in [5.41, 5.74) is 4.68. The number of benzene rings is 1. The highest BCUT2D eigenvalue weighted by atomic mass is 35.5. The molecule has 3 rings (SSSR count). The third-order valence-corrected chi connectivity index (χ3v) is 4.40. The summed E-state index contributed by atoms with van der Waals surface area (Å²) >= 11 is 6.26. The van der Waals surface area contributed by atoms with E-state index in [1.165, 1.54) is 24.1 Å². The van der Waals surface area contributed by atoms with Gasteiger partial charge in [-0.15, -0.1) is 0 Å². The standard InChI is InChI=1S/C17H22ClN3/c1-11(2)17-13(9-19-14-5-6-14)10-20-21(17)15-7-4-12(3)16(18)8-15/h4,7-8,10-11,14,19H,5-6,9H2,1-3H3. The average Bonchev–Trinajstić information content (AvgIpc) is 3.17. The van der Waals surface area contributed by atoms with Gasteiger partial charge in [-0.05, 0) is 43.4 Å². The molecule has 1 aliphatic rings. The molecular formula is C17H22ClN3. The monoisotopic (exact) mass is 303 g/mol. The molecule has 0 amide bonds. The Hall–Kier alpha value is -1.32. The zero-order chi connectivity index (χ0) is 15.0. The van der Waals surface area contributed by atoms with Crippen molar-refractivity contribution in [2.45, 2.75) is 52.1 Å². The highest BCUT2D eigenvalue weighted by molar-refractivity contribution is 6.31. The minimum atomic E-state index is 0.420.